The highest BCUT2D eigenvalue weighted by molar-refractivity contribution is 7.14. The third-order valence-electron chi connectivity index (χ3n) is 3.86. The monoisotopic (exact) mass is 381 g/mol. The predicted octanol–water partition coefficient (Wildman–Crippen LogP) is 4.56. The van der Waals surface area contributed by atoms with Gasteiger partial charge in [-0.25, -0.2) is 4.98 Å². The fraction of sp³-hybridized carbons (Fsp3) is 0. The molecule has 4 rings (SSSR count). The Morgan fingerprint density at radius 3 is 2.69 bits per heavy atom. The van der Waals surface area contributed by atoms with E-state index in [9.17, 15) is 9.59 Å². The summed E-state index contributed by atoms with van der Waals surface area (Å²) in [5.74, 6) is -0.492. The first kappa shape index (κ1) is 16.5. The number of benzene rings is 2. The largest absolute Gasteiger partial charge is 0.321 e. The molecule has 0 aliphatic carbocycles. The van der Waals surface area contributed by atoms with Crippen LogP contribution in [0.1, 0.15) is 10.4 Å². The molecule has 0 bridgehead atoms. The number of thiazole rings is 1. The number of hydrogen-bond acceptors (Lipinski definition) is 4. The summed E-state index contributed by atoms with van der Waals surface area (Å²) in [6.07, 6.45) is 0. The number of amides is 1. The number of aromatic nitrogens is 2. The highest BCUT2D eigenvalue weighted by Gasteiger charge is 2.14. The van der Waals surface area contributed by atoms with E-state index in [2.05, 4.69) is 15.3 Å². The molecule has 0 aliphatic heterocycles. The molecule has 2 heterocycles. The molecule has 0 aliphatic rings. The third-order valence-corrected chi connectivity index (χ3v) is 4.87. The lowest BCUT2D eigenvalue weighted by atomic mass is 10.1. The number of carbonyl (C=O) groups excluding carboxylic acids is 1. The maximum atomic E-state index is 12.5. The molecule has 2 aromatic carbocycles. The van der Waals surface area contributed by atoms with Crippen molar-refractivity contribution in [3.8, 4) is 11.3 Å². The number of rotatable bonds is 3. The summed E-state index contributed by atoms with van der Waals surface area (Å²) in [7, 11) is 0. The standard InChI is InChI=1S/C19H12ClN3O2S/c20-13-7-5-11(6-8-13)16-10-26-19(22-16)23-18(25)14-9-12-3-1-2-4-15(12)21-17(14)24/h1-10H,(H,21,24)(H,22,23,25). The second-order valence-electron chi connectivity index (χ2n) is 5.60. The summed E-state index contributed by atoms with van der Waals surface area (Å²) in [6, 6.07) is 16.2. The Kier molecular flexibility index (Phi) is 4.28. The molecule has 0 radical (unpaired) electrons. The van der Waals surface area contributed by atoms with Crippen molar-refractivity contribution in [3.05, 3.63) is 80.9 Å². The quantitative estimate of drug-likeness (QED) is 0.546. The van der Waals surface area contributed by atoms with E-state index >= 15 is 0 Å². The number of carbonyl (C=O) groups is 1. The molecule has 0 unspecified atom stereocenters. The van der Waals surface area contributed by atoms with E-state index in [1.54, 1.807) is 24.3 Å². The number of anilines is 1. The second kappa shape index (κ2) is 6.74. The van der Waals surface area contributed by atoms with Gasteiger partial charge >= 0.3 is 0 Å². The zero-order valence-electron chi connectivity index (χ0n) is 13.3. The van der Waals surface area contributed by atoms with Gasteiger partial charge in [-0.05, 0) is 29.7 Å². The molecule has 1 amide bonds. The molecule has 26 heavy (non-hydrogen) atoms. The van der Waals surface area contributed by atoms with Crippen LogP contribution in [0.4, 0.5) is 5.13 Å². The highest BCUT2D eigenvalue weighted by atomic mass is 35.5. The summed E-state index contributed by atoms with van der Waals surface area (Å²) >= 11 is 7.18. The van der Waals surface area contributed by atoms with Crippen LogP contribution in [0.3, 0.4) is 0 Å². The zero-order chi connectivity index (χ0) is 18.1. The van der Waals surface area contributed by atoms with Crippen molar-refractivity contribution in [2.45, 2.75) is 0 Å². The molecule has 2 N–H and O–H groups in total. The number of nitrogens with one attached hydrogen (secondary N) is 2. The molecule has 0 saturated heterocycles. The van der Waals surface area contributed by atoms with Gasteiger partial charge < -0.3 is 4.98 Å². The number of H-pyrrole nitrogens is 1. The Morgan fingerprint density at radius 2 is 1.88 bits per heavy atom. The maximum Gasteiger partial charge on any atom is 0.263 e. The summed E-state index contributed by atoms with van der Waals surface area (Å²) in [5.41, 5.74) is 1.93. The Labute approximate surface area is 157 Å². The van der Waals surface area contributed by atoms with Gasteiger partial charge in [0.25, 0.3) is 11.5 Å². The highest BCUT2D eigenvalue weighted by Crippen LogP contribution is 2.26. The molecule has 0 fully saturated rings. The fourth-order valence-electron chi connectivity index (χ4n) is 2.56. The van der Waals surface area contributed by atoms with Crippen LogP contribution in [0.2, 0.25) is 5.02 Å². The van der Waals surface area contributed by atoms with Crippen molar-refractivity contribution in [1.82, 2.24) is 9.97 Å². The normalized spacial score (nSPS) is 10.8. The van der Waals surface area contributed by atoms with Crippen LogP contribution in [0.5, 0.6) is 0 Å². The molecule has 0 spiro atoms. The first-order valence-electron chi connectivity index (χ1n) is 7.75. The molecule has 0 atom stereocenters. The van der Waals surface area contributed by atoms with E-state index in [4.69, 9.17) is 11.6 Å². The number of nitrogens with zero attached hydrogens (tertiary/aromatic N) is 1. The molecule has 4 aromatic rings. The average molecular weight is 382 g/mol. The lowest BCUT2D eigenvalue weighted by Crippen LogP contribution is -2.22. The third kappa shape index (κ3) is 3.24. The van der Waals surface area contributed by atoms with E-state index in [0.29, 0.717) is 15.7 Å². The molecule has 2 aromatic heterocycles. The van der Waals surface area contributed by atoms with E-state index in [1.165, 1.54) is 11.3 Å². The smallest absolute Gasteiger partial charge is 0.263 e. The lowest BCUT2D eigenvalue weighted by Gasteiger charge is -2.03. The van der Waals surface area contributed by atoms with Crippen molar-refractivity contribution < 1.29 is 4.79 Å². The van der Waals surface area contributed by atoms with Gasteiger partial charge in [0.15, 0.2) is 5.13 Å². The summed E-state index contributed by atoms with van der Waals surface area (Å²) in [4.78, 5) is 31.8. The zero-order valence-corrected chi connectivity index (χ0v) is 14.9. The van der Waals surface area contributed by atoms with Crippen molar-refractivity contribution >= 4 is 44.9 Å². The summed E-state index contributed by atoms with van der Waals surface area (Å²) < 4.78 is 0. The van der Waals surface area contributed by atoms with Gasteiger partial charge in [-0.2, -0.15) is 0 Å². The average Bonchev–Trinajstić information content (AvgIpc) is 3.10. The summed E-state index contributed by atoms with van der Waals surface area (Å²) in [5, 5.41) is 6.38. The van der Waals surface area contributed by atoms with Crippen LogP contribution >= 0.6 is 22.9 Å². The fourth-order valence-corrected chi connectivity index (χ4v) is 3.41. The molecular formula is C19H12ClN3O2S. The van der Waals surface area contributed by atoms with Crippen LogP contribution in [0.25, 0.3) is 22.2 Å². The van der Waals surface area contributed by atoms with Crippen LogP contribution < -0.4 is 10.9 Å². The number of fused-ring (bicyclic) bond motifs is 1. The van der Waals surface area contributed by atoms with E-state index in [1.807, 2.05) is 35.7 Å². The Morgan fingerprint density at radius 1 is 1.12 bits per heavy atom. The van der Waals surface area contributed by atoms with Crippen LogP contribution in [0.15, 0.2) is 64.8 Å². The van der Waals surface area contributed by atoms with Crippen LogP contribution in [-0.4, -0.2) is 15.9 Å². The number of hydrogen-bond donors (Lipinski definition) is 2. The molecule has 128 valence electrons. The number of pyridine rings is 1. The first-order chi connectivity index (χ1) is 12.6. The van der Waals surface area contributed by atoms with Gasteiger partial charge in [-0.15, -0.1) is 11.3 Å². The predicted molar refractivity (Wildman–Crippen MR) is 105 cm³/mol. The molecule has 0 saturated carbocycles. The van der Waals surface area contributed by atoms with Gasteiger partial charge in [0.2, 0.25) is 0 Å². The van der Waals surface area contributed by atoms with Crippen molar-refractivity contribution in [2.24, 2.45) is 0 Å². The topological polar surface area (TPSA) is 74.8 Å². The molecule has 5 nitrogen and oxygen atoms in total. The van der Waals surface area contributed by atoms with Crippen molar-refractivity contribution in [3.63, 3.8) is 0 Å². The minimum absolute atomic E-state index is 0.0481. The second-order valence-corrected chi connectivity index (χ2v) is 6.89. The van der Waals surface area contributed by atoms with E-state index in [0.717, 1.165) is 16.6 Å². The summed E-state index contributed by atoms with van der Waals surface area (Å²) in [6.45, 7) is 0. The Bertz CT molecular complexity index is 1170. The minimum atomic E-state index is -0.492. The first-order valence-corrected chi connectivity index (χ1v) is 9.01. The van der Waals surface area contributed by atoms with Crippen molar-refractivity contribution in [1.29, 1.82) is 0 Å². The SMILES string of the molecule is O=C(Nc1nc(-c2ccc(Cl)cc2)cs1)c1cc2ccccc2[nH]c1=O. The van der Waals surface area contributed by atoms with Gasteiger partial charge in [0, 0.05) is 21.5 Å². The molecule has 7 heteroatoms. The van der Waals surface area contributed by atoms with Crippen LogP contribution in [-0.2, 0) is 0 Å². The number of para-hydroxylation sites is 1. The van der Waals surface area contributed by atoms with E-state index in [-0.39, 0.29) is 5.56 Å². The van der Waals surface area contributed by atoms with Gasteiger partial charge in [0.05, 0.1) is 5.69 Å². The van der Waals surface area contributed by atoms with Gasteiger partial charge in [-0.3, -0.25) is 14.9 Å². The van der Waals surface area contributed by atoms with Crippen molar-refractivity contribution in [2.75, 3.05) is 5.32 Å². The van der Waals surface area contributed by atoms with Gasteiger partial charge in [0.1, 0.15) is 5.56 Å². The number of aromatic amines is 1. The molecular weight excluding hydrogens is 370 g/mol. The lowest BCUT2D eigenvalue weighted by molar-refractivity contribution is 0.102. The number of halogens is 1. The Hall–Kier alpha value is -2.96. The maximum absolute atomic E-state index is 12.5. The van der Waals surface area contributed by atoms with E-state index < -0.39 is 11.5 Å². The van der Waals surface area contributed by atoms with Gasteiger partial charge in [-0.1, -0.05) is 41.9 Å². The Balaban J connectivity index is 1.60. The minimum Gasteiger partial charge on any atom is -0.321 e. The van der Waals surface area contributed by atoms with Crippen LogP contribution in [0, 0.1) is 0 Å².